The smallest absolute Gasteiger partial charge is 0.0719 e. The second kappa shape index (κ2) is 15.9. The lowest BCUT2D eigenvalue weighted by Gasteiger charge is -2.14. The zero-order valence-corrected chi connectivity index (χ0v) is 43.5. The molecule has 4 nitrogen and oxygen atoms in total. The van der Waals surface area contributed by atoms with Crippen molar-refractivity contribution in [2.24, 2.45) is 0 Å². The topological polar surface area (TPSA) is 19.7 Å². The van der Waals surface area contributed by atoms with Crippen molar-refractivity contribution in [1.29, 1.82) is 0 Å². The largest absolute Gasteiger partial charge is 0.309 e. The fourth-order valence-corrected chi connectivity index (χ4v) is 16.0. The number of fused-ring (bicyclic) bond motifs is 20. The van der Waals surface area contributed by atoms with Gasteiger partial charge in [0.25, 0.3) is 0 Å². The van der Waals surface area contributed by atoms with Crippen LogP contribution in [0.1, 0.15) is 0 Å². The maximum atomic E-state index is 2.53. The van der Waals surface area contributed by atoms with E-state index >= 15 is 0 Å². The Balaban J connectivity index is 0.853. The summed E-state index contributed by atoms with van der Waals surface area (Å²) in [5.74, 6) is 0. The lowest BCUT2D eigenvalue weighted by atomic mass is 9.98. The Hall–Kier alpha value is -9.72. The number of aromatic nitrogens is 4. The Bertz CT molecular complexity index is 5530. The van der Waals surface area contributed by atoms with Crippen LogP contribution < -0.4 is 0 Å². The van der Waals surface area contributed by atoms with E-state index in [2.05, 4.69) is 273 Å². The quantitative estimate of drug-likeness (QED) is 0.164. The summed E-state index contributed by atoms with van der Waals surface area (Å²) in [7, 11) is 0. The maximum absolute atomic E-state index is 2.53. The predicted octanol–water partition coefficient (Wildman–Crippen LogP) is 20.5. The van der Waals surface area contributed by atoms with Crippen LogP contribution in [0, 0.1) is 0 Å². The Morgan fingerprint density at radius 1 is 0.231 bits per heavy atom. The van der Waals surface area contributed by atoms with E-state index in [1.807, 2.05) is 22.7 Å². The Kier molecular flexibility index (Phi) is 8.67. The minimum absolute atomic E-state index is 1.12. The summed E-state index contributed by atoms with van der Waals surface area (Å²) in [4.78, 5) is 0. The summed E-state index contributed by atoms with van der Waals surface area (Å²) in [6.45, 7) is 0. The lowest BCUT2D eigenvalue weighted by Crippen LogP contribution is -1.98. The molecule has 18 rings (SSSR count). The fourth-order valence-electron chi connectivity index (χ4n) is 13.5. The minimum Gasteiger partial charge on any atom is -0.309 e. The first-order chi connectivity index (χ1) is 38.7. The van der Waals surface area contributed by atoms with E-state index in [9.17, 15) is 0 Å². The van der Waals surface area contributed by atoms with Crippen molar-refractivity contribution in [3.8, 4) is 33.9 Å². The average molecular weight is 1030 g/mol. The van der Waals surface area contributed by atoms with Crippen molar-refractivity contribution in [3.63, 3.8) is 0 Å². The molecule has 6 aromatic heterocycles. The zero-order valence-electron chi connectivity index (χ0n) is 41.9. The molecule has 0 unspecified atom stereocenters. The third kappa shape index (κ3) is 5.77. The molecular formula is C72H42N4S2. The summed E-state index contributed by atoms with van der Waals surface area (Å²) in [5, 5.41) is 15.2. The van der Waals surface area contributed by atoms with Gasteiger partial charge in [0.15, 0.2) is 0 Å². The van der Waals surface area contributed by atoms with Gasteiger partial charge in [-0.15, -0.1) is 22.7 Å². The third-order valence-electron chi connectivity index (χ3n) is 16.8. The van der Waals surface area contributed by atoms with Gasteiger partial charge in [0.05, 0.1) is 53.5 Å². The van der Waals surface area contributed by atoms with Crippen LogP contribution in [0.3, 0.4) is 0 Å². The van der Waals surface area contributed by atoms with Crippen molar-refractivity contribution >= 4 is 150 Å². The summed E-state index contributed by atoms with van der Waals surface area (Å²) in [6, 6.07) is 94.9. The Morgan fingerprint density at radius 3 is 1.23 bits per heavy atom. The molecule has 6 heteroatoms. The Labute approximate surface area is 454 Å². The van der Waals surface area contributed by atoms with Crippen molar-refractivity contribution in [2.45, 2.75) is 0 Å². The molecule has 0 atom stereocenters. The van der Waals surface area contributed by atoms with E-state index in [0.717, 1.165) is 22.7 Å². The molecule has 18 aromatic rings. The number of hydrogen-bond donors (Lipinski definition) is 0. The number of thiophene rings is 2. The molecular weight excluding hydrogens is 985 g/mol. The monoisotopic (exact) mass is 1030 g/mol. The molecule has 0 N–H and O–H groups in total. The molecule has 0 radical (unpaired) electrons. The molecule has 0 saturated heterocycles. The van der Waals surface area contributed by atoms with Crippen LogP contribution in [-0.2, 0) is 0 Å². The molecule has 0 saturated carbocycles. The first kappa shape index (κ1) is 42.5. The van der Waals surface area contributed by atoms with E-state index in [0.29, 0.717) is 0 Å². The lowest BCUT2D eigenvalue weighted by molar-refractivity contribution is 1.14. The third-order valence-corrected chi connectivity index (χ3v) is 19.1. The van der Waals surface area contributed by atoms with E-state index in [-0.39, 0.29) is 0 Å². The molecule has 6 heterocycles. The molecule has 12 aromatic carbocycles. The predicted molar refractivity (Wildman–Crippen MR) is 335 cm³/mol. The molecule has 0 amide bonds. The summed E-state index contributed by atoms with van der Waals surface area (Å²) < 4.78 is 15.2. The highest BCUT2D eigenvalue weighted by atomic mass is 32.1. The van der Waals surface area contributed by atoms with Gasteiger partial charge >= 0.3 is 0 Å². The van der Waals surface area contributed by atoms with Gasteiger partial charge in [-0.3, -0.25) is 0 Å². The SMILES string of the molecule is c1cc(-n2c3ccccc3c3ccc(-c4cccc5c4c4ccc6c7ccccc7sc6c4n5-c4ccc(-n5c6ccccc6c6ccccc65)cc4)cc32)cc(-n2c3ccccc3c3ccc4c5ccccc5sc4c32)c1. The number of benzene rings is 12. The van der Waals surface area contributed by atoms with Gasteiger partial charge in [-0.05, 0) is 102 Å². The van der Waals surface area contributed by atoms with Gasteiger partial charge in [0, 0.05) is 96.8 Å². The van der Waals surface area contributed by atoms with Crippen molar-refractivity contribution in [2.75, 3.05) is 0 Å². The van der Waals surface area contributed by atoms with Crippen LogP contribution in [-0.4, -0.2) is 18.3 Å². The van der Waals surface area contributed by atoms with Gasteiger partial charge in [-0.25, -0.2) is 0 Å². The molecule has 0 aliphatic carbocycles. The average Bonchev–Trinajstić information content (AvgIpc) is 4.49. The van der Waals surface area contributed by atoms with Crippen LogP contribution in [0.5, 0.6) is 0 Å². The highest BCUT2D eigenvalue weighted by Crippen LogP contribution is 2.48. The van der Waals surface area contributed by atoms with Crippen LogP contribution >= 0.6 is 22.7 Å². The number of rotatable bonds is 5. The standard InChI is InChI=1S/C72H42N4S2/c1-7-24-60-49(17-1)50-18-2-8-25-61(50)73(60)44-32-34-45(35-33-44)75-64-28-14-23-48(68(64)59-40-39-58-55-22-6-12-30-67(55)78-72(58)70(59)75)43-31-36-53-51-19-3-9-26-62(51)74(65(53)41-43)46-15-13-16-47(42-46)76-63-27-10-4-20-52(63)56-37-38-57-54-21-5-11-29-66(54)77-71(57)69(56)76/h1-42H. The van der Waals surface area contributed by atoms with E-state index in [1.165, 1.54) is 139 Å². The molecule has 0 fully saturated rings. The molecule has 362 valence electrons. The normalized spacial score (nSPS) is 12.4. The van der Waals surface area contributed by atoms with Gasteiger partial charge in [0.2, 0.25) is 0 Å². The molecule has 0 aliphatic heterocycles. The highest BCUT2D eigenvalue weighted by molar-refractivity contribution is 7.27. The number of hydrogen-bond acceptors (Lipinski definition) is 2. The van der Waals surface area contributed by atoms with E-state index < -0.39 is 0 Å². The maximum Gasteiger partial charge on any atom is 0.0719 e. The molecule has 0 bridgehead atoms. The van der Waals surface area contributed by atoms with Gasteiger partial charge in [0.1, 0.15) is 0 Å². The minimum atomic E-state index is 1.12. The number of nitrogens with zero attached hydrogens (tertiary/aromatic N) is 4. The van der Waals surface area contributed by atoms with Gasteiger partial charge in [-0.2, -0.15) is 0 Å². The highest BCUT2D eigenvalue weighted by Gasteiger charge is 2.24. The second-order valence-electron chi connectivity index (χ2n) is 20.8. The summed E-state index contributed by atoms with van der Waals surface area (Å²) in [5.41, 5.74) is 16.6. The first-order valence-corrected chi connectivity index (χ1v) is 28.3. The van der Waals surface area contributed by atoms with Crippen molar-refractivity contribution in [3.05, 3.63) is 255 Å². The summed E-state index contributed by atoms with van der Waals surface area (Å²) in [6.07, 6.45) is 0. The van der Waals surface area contributed by atoms with Crippen LogP contribution in [0.15, 0.2) is 255 Å². The van der Waals surface area contributed by atoms with E-state index in [1.54, 1.807) is 0 Å². The van der Waals surface area contributed by atoms with Crippen LogP contribution in [0.2, 0.25) is 0 Å². The molecule has 0 spiro atoms. The van der Waals surface area contributed by atoms with Crippen LogP contribution in [0.25, 0.3) is 161 Å². The molecule has 0 aliphatic rings. The fraction of sp³-hybridized carbons (Fsp3) is 0. The van der Waals surface area contributed by atoms with Gasteiger partial charge < -0.3 is 18.3 Å². The Morgan fingerprint density at radius 2 is 0.628 bits per heavy atom. The van der Waals surface area contributed by atoms with Gasteiger partial charge in [-0.1, -0.05) is 164 Å². The second-order valence-corrected chi connectivity index (χ2v) is 22.9. The zero-order chi connectivity index (χ0) is 50.7. The number of para-hydroxylation sites is 4. The molecule has 78 heavy (non-hydrogen) atoms. The van der Waals surface area contributed by atoms with Crippen LogP contribution in [0.4, 0.5) is 0 Å². The van der Waals surface area contributed by atoms with Crippen molar-refractivity contribution in [1.82, 2.24) is 18.3 Å². The summed E-state index contributed by atoms with van der Waals surface area (Å²) >= 11 is 3.79. The van der Waals surface area contributed by atoms with E-state index in [4.69, 9.17) is 0 Å². The first-order valence-electron chi connectivity index (χ1n) is 26.7. The van der Waals surface area contributed by atoms with Crippen molar-refractivity contribution < 1.29 is 0 Å².